The minimum Gasteiger partial charge on any atom is -0.374 e. The van der Waals surface area contributed by atoms with Gasteiger partial charge in [-0.1, -0.05) is 6.07 Å². The Morgan fingerprint density at radius 3 is 3.00 bits per heavy atom. The summed E-state index contributed by atoms with van der Waals surface area (Å²) in [6.07, 6.45) is 3.25. The Morgan fingerprint density at radius 2 is 2.35 bits per heavy atom. The van der Waals surface area contributed by atoms with Crippen LogP contribution >= 0.6 is 0 Å². The van der Waals surface area contributed by atoms with Crippen LogP contribution in [0.25, 0.3) is 0 Å². The molecule has 2 N–H and O–H groups in total. The van der Waals surface area contributed by atoms with Crippen LogP contribution in [0.15, 0.2) is 30.7 Å². The van der Waals surface area contributed by atoms with Crippen molar-refractivity contribution in [1.82, 2.24) is 9.97 Å². The first-order chi connectivity index (χ1) is 8.16. The van der Waals surface area contributed by atoms with E-state index in [-0.39, 0.29) is 5.69 Å². The monoisotopic (exact) mass is 232 g/mol. The molecule has 0 aliphatic carbocycles. The van der Waals surface area contributed by atoms with Crippen LogP contribution in [0.3, 0.4) is 0 Å². The molecule has 0 atom stereocenters. The minimum atomic E-state index is -0.394. The van der Waals surface area contributed by atoms with Crippen LogP contribution in [0, 0.1) is 17.0 Å². The number of benzene rings is 1. The number of nitro benzene ring substituents is 1. The van der Waals surface area contributed by atoms with E-state index in [0.29, 0.717) is 12.2 Å². The maximum atomic E-state index is 10.8. The van der Waals surface area contributed by atoms with Crippen molar-refractivity contribution < 1.29 is 4.92 Å². The quantitative estimate of drug-likeness (QED) is 0.625. The summed E-state index contributed by atoms with van der Waals surface area (Å²) < 4.78 is 0. The number of H-pyrrole nitrogens is 1. The normalized spacial score (nSPS) is 10.2. The van der Waals surface area contributed by atoms with E-state index in [1.54, 1.807) is 24.7 Å². The van der Waals surface area contributed by atoms with Gasteiger partial charge >= 0.3 is 0 Å². The van der Waals surface area contributed by atoms with Crippen LogP contribution in [-0.2, 0) is 6.54 Å². The molecule has 1 heterocycles. The van der Waals surface area contributed by atoms with Gasteiger partial charge < -0.3 is 10.3 Å². The number of rotatable bonds is 4. The van der Waals surface area contributed by atoms with E-state index in [1.807, 2.05) is 6.92 Å². The highest BCUT2D eigenvalue weighted by Crippen LogP contribution is 2.25. The molecular formula is C11H12N4O2. The topological polar surface area (TPSA) is 83.8 Å². The first-order valence-electron chi connectivity index (χ1n) is 5.13. The SMILES string of the molecule is Cc1ccc([N+](=O)[O-])c(NCc2cnc[nH]2)c1. The molecule has 2 aromatic rings. The summed E-state index contributed by atoms with van der Waals surface area (Å²) in [7, 11) is 0. The average Bonchev–Trinajstić information content (AvgIpc) is 2.78. The van der Waals surface area contributed by atoms with Crippen LogP contribution in [0.5, 0.6) is 0 Å². The predicted molar refractivity (Wildman–Crippen MR) is 63.7 cm³/mol. The Bertz CT molecular complexity index is 522. The van der Waals surface area contributed by atoms with Crippen LogP contribution in [0.1, 0.15) is 11.3 Å². The van der Waals surface area contributed by atoms with Crippen molar-refractivity contribution in [3.8, 4) is 0 Å². The molecule has 1 aromatic heterocycles. The van der Waals surface area contributed by atoms with E-state index >= 15 is 0 Å². The number of aryl methyl sites for hydroxylation is 1. The van der Waals surface area contributed by atoms with Crippen molar-refractivity contribution in [2.24, 2.45) is 0 Å². The molecule has 6 nitrogen and oxygen atoms in total. The van der Waals surface area contributed by atoms with Crippen LogP contribution < -0.4 is 5.32 Å². The van der Waals surface area contributed by atoms with Crippen molar-refractivity contribution in [1.29, 1.82) is 0 Å². The molecule has 0 unspecified atom stereocenters. The Morgan fingerprint density at radius 1 is 1.53 bits per heavy atom. The molecule has 88 valence electrons. The van der Waals surface area contributed by atoms with E-state index in [9.17, 15) is 10.1 Å². The molecule has 0 saturated carbocycles. The van der Waals surface area contributed by atoms with Gasteiger partial charge in [0.05, 0.1) is 23.5 Å². The number of imidazole rings is 1. The second kappa shape index (κ2) is 4.65. The fourth-order valence-corrected chi connectivity index (χ4v) is 1.52. The summed E-state index contributed by atoms with van der Waals surface area (Å²) in [5.41, 5.74) is 2.45. The zero-order chi connectivity index (χ0) is 12.3. The molecule has 0 spiro atoms. The average molecular weight is 232 g/mol. The molecule has 1 aromatic carbocycles. The van der Waals surface area contributed by atoms with Gasteiger partial charge in [0.1, 0.15) is 5.69 Å². The first-order valence-corrected chi connectivity index (χ1v) is 5.13. The number of nitrogens with zero attached hydrogens (tertiary/aromatic N) is 2. The third-order valence-corrected chi connectivity index (χ3v) is 2.37. The van der Waals surface area contributed by atoms with Gasteiger partial charge in [0.2, 0.25) is 0 Å². The van der Waals surface area contributed by atoms with E-state index in [4.69, 9.17) is 0 Å². The molecule has 0 amide bonds. The number of hydrogen-bond acceptors (Lipinski definition) is 4. The maximum absolute atomic E-state index is 10.8. The van der Waals surface area contributed by atoms with Gasteiger partial charge in [-0.05, 0) is 18.6 Å². The number of nitro groups is 1. The van der Waals surface area contributed by atoms with Gasteiger partial charge in [-0.2, -0.15) is 0 Å². The Labute approximate surface area is 97.9 Å². The number of nitrogens with one attached hydrogen (secondary N) is 2. The third kappa shape index (κ3) is 2.60. The lowest BCUT2D eigenvalue weighted by Gasteiger charge is -2.06. The minimum absolute atomic E-state index is 0.0788. The second-order valence-electron chi connectivity index (χ2n) is 3.71. The van der Waals surface area contributed by atoms with Gasteiger partial charge in [-0.15, -0.1) is 0 Å². The molecule has 0 fully saturated rings. The number of anilines is 1. The van der Waals surface area contributed by atoms with Gasteiger partial charge in [-0.3, -0.25) is 10.1 Å². The van der Waals surface area contributed by atoms with E-state index in [2.05, 4.69) is 15.3 Å². The highest BCUT2D eigenvalue weighted by molar-refractivity contribution is 5.62. The summed E-state index contributed by atoms with van der Waals surface area (Å²) >= 11 is 0. The summed E-state index contributed by atoms with van der Waals surface area (Å²) in [6, 6.07) is 4.98. The highest BCUT2D eigenvalue weighted by atomic mass is 16.6. The zero-order valence-corrected chi connectivity index (χ0v) is 9.30. The fraction of sp³-hybridized carbons (Fsp3) is 0.182. The van der Waals surface area contributed by atoms with Gasteiger partial charge in [0.25, 0.3) is 5.69 Å². The maximum Gasteiger partial charge on any atom is 0.292 e. The Kier molecular flexibility index (Phi) is 3.04. The van der Waals surface area contributed by atoms with Crippen molar-refractivity contribution in [2.45, 2.75) is 13.5 Å². The molecule has 6 heteroatoms. The summed E-state index contributed by atoms with van der Waals surface area (Å²) in [4.78, 5) is 17.3. The summed E-state index contributed by atoms with van der Waals surface area (Å²) in [6.45, 7) is 2.37. The van der Waals surface area contributed by atoms with Gasteiger partial charge in [-0.25, -0.2) is 4.98 Å². The van der Waals surface area contributed by atoms with Crippen molar-refractivity contribution in [3.05, 3.63) is 52.1 Å². The molecule has 0 bridgehead atoms. The number of aromatic nitrogens is 2. The molecule has 0 aliphatic heterocycles. The molecule has 2 rings (SSSR count). The zero-order valence-electron chi connectivity index (χ0n) is 9.30. The van der Waals surface area contributed by atoms with Crippen molar-refractivity contribution in [3.63, 3.8) is 0 Å². The molecular weight excluding hydrogens is 220 g/mol. The lowest BCUT2D eigenvalue weighted by atomic mass is 10.2. The van der Waals surface area contributed by atoms with Crippen LogP contribution in [0.2, 0.25) is 0 Å². The molecule has 0 saturated heterocycles. The fourth-order valence-electron chi connectivity index (χ4n) is 1.52. The summed E-state index contributed by atoms with van der Waals surface area (Å²) in [5, 5.41) is 13.9. The lowest BCUT2D eigenvalue weighted by Crippen LogP contribution is -2.03. The van der Waals surface area contributed by atoms with Crippen LogP contribution in [0.4, 0.5) is 11.4 Å². The second-order valence-corrected chi connectivity index (χ2v) is 3.71. The predicted octanol–water partition coefficient (Wildman–Crippen LogP) is 2.24. The highest BCUT2D eigenvalue weighted by Gasteiger charge is 2.12. The lowest BCUT2D eigenvalue weighted by molar-refractivity contribution is -0.384. The third-order valence-electron chi connectivity index (χ3n) is 2.37. The molecule has 0 radical (unpaired) electrons. The first kappa shape index (κ1) is 11.1. The molecule has 0 aliphatic rings. The summed E-state index contributed by atoms with van der Waals surface area (Å²) in [5.74, 6) is 0. The van der Waals surface area contributed by atoms with E-state index < -0.39 is 4.92 Å². The van der Waals surface area contributed by atoms with Gasteiger partial charge in [0, 0.05) is 12.3 Å². The van der Waals surface area contributed by atoms with Crippen LogP contribution in [-0.4, -0.2) is 14.9 Å². The smallest absolute Gasteiger partial charge is 0.292 e. The largest absolute Gasteiger partial charge is 0.374 e. The van der Waals surface area contributed by atoms with E-state index in [1.165, 1.54) is 6.07 Å². The van der Waals surface area contributed by atoms with E-state index in [0.717, 1.165) is 11.3 Å². The number of aromatic amines is 1. The molecule has 17 heavy (non-hydrogen) atoms. The van der Waals surface area contributed by atoms with Crippen molar-refractivity contribution >= 4 is 11.4 Å². The van der Waals surface area contributed by atoms with Crippen molar-refractivity contribution in [2.75, 3.05) is 5.32 Å². The Balaban J connectivity index is 2.19. The standard InChI is InChI=1S/C11H12N4O2/c1-8-2-3-11(15(16)17)10(4-8)13-6-9-5-12-7-14-9/h2-5,7,13H,6H2,1H3,(H,12,14). The van der Waals surface area contributed by atoms with Gasteiger partial charge in [0.15, 0.2) is 0 Å². The Hall–Kier alpha value is -2.37. The number of hydrogen-bond donors (Lipinski definition) is 2.